The van der Waals surface area contributed by atoms with Gasteiger partial charge in [-0.05, 0) is 55.6 Å². The number of amides is 2. The molecule has 180 valence electrons. The van der Waals surface area contributed by atoms with Crippen molar-refractivity contribution in [2.24, 2.45) is 5.92 Å². The fraction of sp³-hybridized carbons (Fsp3) is 0.276. The second-order valence-corrected chi connectivity index (χ2v) is 10.7. The van der Waals surface area contributed by atoms with Gasteiger partial charge in [0.1, 0.15) is 11.0 Å². The molecule has 2 spiro atoms. The molecule has 0 aromatic heterocycles. The van der Waals surface area contributed by atoms with Crippen LogP contribution in [0.3, 0.4) is 0 Å². The van der Waals surface area contributed by atoms with Gasteiger partial charge in [0.25, 0.3) is 5.91 Å². The van der Waals surface area contributed by atoms with Crippen LogP contribution in [0.15, 0.2) is 66.7 Å². The Morgan fingerprint density at radius 3 is 2.53 bits per heavy atom. The molecule has 7 heteroatoms. The number of rotatable bonds is 2. The summed E-state index contributed by atoms with van der Waals surface area (Å²) in [5.74, 6) is -1.45. The molecule has 0 unspecified atom stereocenters. The molecule has 2 amide bonds. The first-order valence-electron chi connectivity index (χ1n) is 12.3. The lowest BCUT2D eigenvalue weighted by atomic mass is 9.57. The maximum atomic E-state index is 14.4. The number of anilines is 2. The Kier molecular flexibility index (Phi) is 4.40. The molecular weight excluding hydrogens is 474 g/mol. The molecule has 2 saturated heterocycles. The van der Waals surface area contributed by atoms with Crippen LogP contribution in [-0.2, 0) is 20.5 Å². The zero-order chi connectivity index (χ0) is 24.8. The molecule has 0 radical (unpaired) electrons. The van der Waals surface area contributed by atoms with Gasteiger partial charge in [-0.15, -0.1) is 0 Å². The van der Waals surface area contributed by atoms with E-state index in [2.05, 4.69) is 15.5 Å². The van der Waals surface area contributed by atoms with Gasteiger partial charge in [0.05, 0.1) is 5.92 Å². The maximum absolute atomic E-state index is 14.4. The molecule has 3 aromatic rings. The Labute approximate surface area is 213 Å². The molecule has 0 bridgehead atoms. The second-order valence-electron chi connectivity index (χ2n) is 10.2. The van der Waals surface area contributed by atoms with Crippen molar-refractivity contribution in [1.82, 2.24) is 4.90 Å². The number of aryl methyl sites for hydroxylation is 1. The number of benzene rings is 3. The highest BCUT2D eigenvalue weighted by atomic mass is 35.5. The molecular formula is C29H24ClN3O3. The molecule has 4 aliphatic heterocycles. The van der Waals surface area contributed by atoms with Crippen molar-refractivity contribution in [2.75, 3.05) is 17.2 Å². The van der Waals surface area contributed by atoms with Gasteiger partial charge >= 0.3 is 0 Å². The van der Waals surface area contributed by atoms with E-state index in [0.717, 1.165) is 18.4 Å². The van der Waals surface area contributed by atoms with Gasteiger partial charge in [-0.3, -0.25) is 19.3 Å². The van der Waals surface area contributed by atoms with Crippen LogP contribution in [0.5, 0.6) is 0 Å². The predicted molar refractivity (Wildman–Crippen MR) is 137 cm³/mol. The molecule has 36 heavy (non-hydrogen) atoms. The van der Waals surface area contributed by atoms with Crippen LogP contribution < -0.4 is 10.6 Å². The number of para-hydroxylation sites is 1. The normalized spacial score (nSPS) is 29.8. The Balaban J connectivity index is 1.62. The molecule has 7 rings (SSSR count). The SMILES string of the molecule is Cc1cc(Cl)cc2c1NC(=O)[C@]21N2CCC[C@@H]2[C@@H](C(=O)c2ccccc2)[C@@]12C(=O)Nc1ccccc12. The fourth-order valence-electron chi connectivity index (χ4n) is 7.59. The molecule has 0 saturated carbocycles. The summed E-state index contributed by atoms with van der Waals surface area (Å²) in [5.41, 5.74) is 1.23. The third-order valence-electron chi connectivity index (χ3n) is 8.71. The first-order chi connectivity index (χ1) is 17.4. The number of nitrogens with one attached hydrogen (secondary N) is 2. The molecule has 3 aromatic carbocycles. The van der Waals surface area contributed by atoms with Crippen molar-refractivity contribution in [1.29, 1.82) is 0 Å². The minimum absolute atomic E-state index is 0.115. The summed E-state index contributed by atoms with van der Waals surface area (Å²) >= 11 is 6.58. The average molecular weight is 498 g/mol. The van der Waals surface area contributed by atoms with Crippen LogP contribution in [-0.4, -0.2) is 35.1 Å². The number of halogens is 1. The number of nitrogens with zero attached hydrogens (tertiary/aromatic N) is 1. The van der Waals surface area contributed by atoms with Gasteiger partial charge < -0.3 is 10.6 Å². The van der Waals surface area contributed by atoms with Crippen molar-refractivity contribution in [2.45, 2.75) is 36.8 Å². The number of fused-ring (bicyclic) bond motifs is 7. The predicted octanol–water partition coefficient (Wildman–Crippen LogP) is 4.66. The topological polar surface area (TPSA) is 78.5 Å². The highest BCUT2D eigenvalue weighted by molar-refractivity contribution is 6.31. The molecule has 0 aliphatic carbocycles. The van der Waals surface area contributed by atoms with Crippen LogP contribution in [0.1, 0.15) is 39.9 Å². The first-order valence-corrected chi connectivity index (χ1v) is 12.7. The summed E-state index contributed by atoms with van der Waals surface area (Å²) in [6, 6.07) is 20.0. The number of carbonyl (C=O) groups is 3. The summed E-state index contributed by atoms with van der Waals surface area (Å²) in [7, 11) is 0. The van der Waals surface area contributed by atoms with E-state index in [1.807, 2.05) is 61.5 Å². The van der Waals surface area contributed by atoms with E-state index in [-0.39, 0.29) is 23.6 Å². The van der Waals surface area contributed by atoms with Crippen molar-refractivity contribution >= 4 is 40.6 Å². The van der Waals surface area contributed by atoms with Crippen molar-refractivity contribution in [3.05, 3.63) is 94.0 Å². The minimum atomic E-state index is -1.45. The zero-order valence-corrected chi connectivity index (χ0v) is 20.4. The first kappa shape index (κ1) is 21.8. The van der Waals surface area contributed by atoms with Gasteiger partial charge in [0, 0.05) is 33.6 Å². The zero-order valence-electron chi connectivity index (χ0n) is 19.7. The van der Waals surface area contributed by atoms with E-state index < -0.39 is 16.9 Å². The largest absolute Gasteiger partial charge is 0.325 e. The highest BCUT2D eigenvalue weighted by Crippen LogP contribution is 2.68. The third-order valence-corrected chi connectivity index (χ3v) is 8.93. The Morgan fingerprint density at radius 1 is 0.972 bits per heavy atom. The Hall–Kier alpha value is -3.48. The van der Waals surface area contributed by atoms with E-state index in [1.165, 1.54) is 0 Å². The quantitative estimate of drug-likeness (QED) is 0.505. The van der Waals surface area contributed by atoms with Gasteiger partial charge in [-0.1, -0.05) is 60.1 Å². The third kappa shape index (κ3) is 2.34. The summed E-state index contributed by atoms with van der Waals surface area (Å²) < 4.78 is 0. The van der Waals surface area contributed by atoms with Crippen LogP contribution in [0.2, 0.25) is 5.02 Å². The monoisotopic (exact) mass is 497 g/mol. The lowest BCUT2D eigenvalue weighted by molar-refractivity contribution is -0.137. The minimum Gasteiger partial charge on any atom is -0.325 e. The van der Waals surface area contributed by atoms with Crippen molar-refractivity contribution in [3.63, 3.8) is 0 Å². The molecule has 4 heterocycles. The summed E-state index contributed by atoms with van der Waals surface area (Å²) in [6.07, 6.45) is 1.57. The molecule has 6 nitrogen and oxygen atoms in total. The van der Waals surface area contributed by atoms with Gasteiger partial charge in [0.15, 0.2) is 5.78 Å². The lowest BCUT2D eigenvalue weighted by Gasteiger charge is -2.43. The standard InChI is InChI=1S/C29H24ClN3O3/c1-16-14-18(30)15-20-24(16)32-27(36)29(20)28(19-10-5-6-11-21(19)31-26(28)35)23(22-12-7-13-33(22)29)25(34)17-8-3-2-4-9-17/h2-6,8-11,14-15,22-23H,7,12-13H2,1H3,(H,31,35)(H,32,36)/t22-,23+,28+,29-/m1/s1. The summed E-state index contributed by atoms with van der Waals surface area (Å²) in [5, 5.41) is 6.66. The second kappa shape index (κ2) is 7.28. The Morgan fingerprint density at radius 2 is 1.72 bits per heavy atom. The van der Waals surface area contributed by atoms with Crippen molar-refractivity contribution in [3.8, 4) is 0 Å². The number of hydrogen-bond donors (Lipinski definition) is 2. The van der Waals surface area contributed by atoms with Gasteiger partial charge in [-0.25, -0.2) is 0 Å². The van der Waals surface area contributed by atoms with Crippen molar-refractivity contribution < 1.29 is 14.4 Å². The van der Waals surface area contributed by atoms with Crippen LogP contribution in [0.25, 0.3) is 0 Å². The molecule has 2 fully saturated rings. The molecule has 4 atom stereocenters. The van der Waals surface area contributed by atoms with E-state index >= 15 is 0 Å². The van der Waals surface area contributed by atoms with Crippen LogP contribution >= 0.6 is 11.6 Å². The molecule has 4 aliphatic rings. The number of ketones is 1. The number of hydrogen-bond acceptors (Lipinski definition) is 4. The number of carbonyl (C=O) groups excluding carboxylic acids is 3. The highest BCUT2D eigenvalue weighted by Gasteiger charge is 2.81. The Bertz CT molecular complexity index is 1490. The van der Waals surface area contributed by atoms with E-state index in [4.69, 9.17) is 11.6 Å². The van der Waals surface area contributed by atoms with Gasteiger partial charge in [-0.2, -0.15) is 0 Å². The summed E-state index contributed by atoms with van der Waals surface area (Å²) in [6.45, 7) is 2.52. The van der Waals surface area contributed by atoms with E-state index in [1.54, 1.807) is 12.1 Å². The van der Waals surface area contributed by atoms with Crippen LogP contribution in [0.4, 0.5) is 11.4 Å². The van der Waals surface area contributed by atoms with Crippen LogP contribution in [0, 0.1) is 12.8 Å². The average Bonchev–Trinajstić information content (AvgIpc) is 3.59. The van der Waals surface area contributed by atoms with E-state index in [0.29, 0.717) is 39.6 Å². The fourth-order valence-corrected chi connectivity index (χ4v) is 7.87. The lowest BCUT2D eigenvalue weighted by Crippen LogP contribution is -2.62. The summed E-state index contributed by atoms with van der Waals surface area (Å²) in [4.78, 5) is 45.4. The number of Topliss-reactive ketones (excluding diaryl/α,β-unsaturated/α-hetero) is 1. The molecule has 2 N–H and O–H groups in total. The van der Waals surface area contributed by atoms with E-state index in [9.17, 15) is 14.4 Å². The smallest absolute Gasteiger partial charge is 0.251 e. The van der Waals surface area contributed by atoms with Gasteiger partial charge in [0.2, 0.25) is 5.91 Å². The maximum Gasteiger partial charge on any atom is 0.251 e.